The van der Waals surface area contributed by atoms with E-state index in [1.807, 2.05) is 66.7 Å². The maximum Gasteiger partial charge on any atom is 0.204 e. The number of nitrogens with zero attached hydrogens (tertiary/aromatic N) is 5. The molecule has 5 aromatic rings. The standard InChI is InChI=1S/C26H23N5O4/c1-32-19-12-10-18(11-13-19)31-26-23(27-25(28-29-26)16-8-6-5-7-9-16)22(30-31)17-14-20(33-2)24(35-4)21(15-17)34-3/h5-15H,1-4H3. The fourth-order valence-electron chi connectivity index (χ4n) is 3.84. The van der Waals surface area contributed by atoms with Crippen LogP contribution in [-0.4, -0.2) is 53.4 Å². The Kier molecular flexibility index (Phi) is 5.88. The largest absolute Gasteiger partial charge is 0.497 e. The lowest BCUT2D eigenvalue weighted by molar-refractivity contribution is 0.324. The van der Waals surface area contributed by atoms with Crippen LogP contribution in [0.3, 0.4) is 0 Å². The Morgan fingerprint density at radius 1 is 0.686 bits per heavy atom. The summed E-state index contributed by atoms with van der Waals surface area (Å²) in [4.78, 5) is 4.86. The van der Waals surface area contributed by atoms with Crippen molar-refractivity contribution in [1.82, 2.24) is 25.0 Å². The second-order valence-electron chi connectivity index (χ2n) is 7.55. The molecule has 0 aliphatic rings. The van der Waals surface area contributed by atoms with Crippen LogP contribution in [0.5, 0.6) is 23.0 Å². The van der Waals surface area contributed by atoms with Crippen molar-refractivity contribution in [3.05, 3.63) is 66.7 Å². The molecular weight excluding hydrogens is 446 g/mol. The number of benzene rings is 3. The van der Waals surface area contributed by atoms with E-state index in [1.54, 1.807) is 33.1 Å². The van der Waals surface area contributed by atoms with E-state index in [0.29, 0.717) is 39.9 Å². The van der Waals surface area contributed by atoms with Crippen molar-refractivity contribution in [1.29, 1.82) is 0 Å². The molecule has 0 aliphatic carbocycles. The van der Waals surface area contributed by atoms with Gasteiger partial charge in [-0.25, -0.2) is 9.67 Å². The topological polar surface area (TPSA) is 93.4 Å². The first-order chi connectivity index (χ1) is 17.2. The Balaban J connectivity index is 1.77. The molecule has 0 atom stereocenters. The molecule has 0 unspecified atom stereocenters. The number of rotatable bonds is 7. The van der Waals surface area contributed by atoms with Crippen LogP contribution in [0.15, 0.2) is 66.7 Å². The molecule has 5 rings (SSSR count). The van der Waals surface area contributed by atoms with Gasteiger partial charge in [0.15, 0.2) is 17.3 Å². The van der Waals surface area contributed by atoms with Gasteiger partial charge in [-0.15, -0.1) is 10.2 Å². The van der Waals surface area contributed by atoms with Gasteiger partial charge in [0.05, 0.1) is 34.1 Å². The van der Waals surface area contributed by atoms with E-state index < -0.39 is 0 Å². The fourth-order valence-corrected chi connectivity index (χ4v) is 3.84. The summed E-state index contributed by atoms with van der Waals surface area (Å²) in [5, 5.41) is 13.8. The molecule has 0 amide bonds. The van der Waals surface area contributed by atoms with Crippen LogP contribution in [-0.2, 0) is 0 Å². The van der Waals surface area contributed by atoms with Gasteiger partial charge in [-0.2, -0.15) is 5.10 Å². The van der Waals surface area contributed by atoms with E-state index in [-0.39, 0.29) is 0 Å². The average Bonchev–Trinajstić information content (AvgIpc) is 3.31. The maximum absolute atomic E-state index is 5.56. The average molecular weight is 470 g/mol. The minimum absolute atomic E-state index is 0.496. The first-order valence-corrected chi connectivity index (χ1v) is 10.8. The van der Waals surface area contributed by atoms with Gasteiger partial charge < -0.3 is 18.9 Å². The maximum atomic E-state index is 5.56. The second-order valence-corrected chi connectivity index (χ2v) is 7.55. The van der Waals surface area contributed by atoms with Crippen molar-refractivity contribution >= 4 is 11.2 Å². The monoisotopic (exact) mass is 469 g/mol. The minimum atomic E-state index is 0.496. The van der Waals surface area contributed by atoms with E-state index in [4.69, 9.17) is 29.0 Å². The van der Waals surface area contributed by atoms with Gasteiger partial charge in [0.1, 0.15) is 17.0 Å². The smallest absolute Gasteiger partial charge is 0.204 e. The summed E-state index contributed by atoms with van der Waals surface area (Å²) in [5.74, 6) is 2.76. The molecule has 2 aromatic heterocycles. The number of methoxy groups -OCH3 is 4. The van der Waals surface area contributed by atoms with E-state index in [0.717, 1.165) is 22.6 Å². The molecule has 0 saturated carbocycles. The van der Waals surface area contributed by atoms with Gasteiger partial charge in [0.2, 0.25) is 11.4 Å². The third kappa shape index (κ3) is 3.97. The predicted molar refractivity (Wildman–Crippen MR) is 132 cm³/mol. The second kappa shape index (κ2) is 9.30. The molecule has 9 nitrogen and oxygen atoms in total. The Morgan fingerprint density at radius 2 is 1.37 bits per heavy atom. The van der Waals surface area contributed by atoms with Crippen LogP contribution in [0.4, 0.5) is 0 Å². The number of fused-ring (bicyclic) bond motifs is 1. The van der Waals surface area contributed by atoms with Gasteiger partial charge in [-0.3, -0.25) is 0 Å². The van der Waals surface area contributed by atoms with E-state index in [2.05, 4.69) is 10.2 Å². The summed E-state index contributed by atoms with van der Waals surface area (Å²) in [6.07, 6.45) is 0. The molecule has 0 aliphatic heterocycles. The highest BCUT2D eigenvalue weighted by atomic mass is 16.5. The van der Waals surface area contributed by atoms with Crippen molar-refractivity contribution in [2.24, 2.45) is 0 Å². The summed E-state index contributed by atoms with van der Waals surface area (Å²) in [7, 11) is 6.34. The highest BCUT2D eigenvalue weighted by molar-refractivity contribution is 5.90. The molecule has 2 heterocycles. The highest BCUT2D eigenvalue weighted by Crippen LogP contribution is 2.42. The third-order valence-electron chi connectivity index (χ3n) is 5.58. The predicted octanol–water partition coefficient (Wildman–Crippen LogP) is 4.58. The summed E-state index contributed by atoms with van der Waals surface area (Å²) in [5.41, 5.74) is 4.08. The fraction of sp³-hybridized carbons (Fsp3) is 0.154. The first kappa shape index (κ1) is 22.1. The molecule has 3 aromatic carbocycles. The zero-order valence-electron chi connectivity index (χ0n) is 19.7. The van der Waals surface area contributed by atoms with Crippen LogP contribution >= 0.6 is 0 Å². The summed E-state index contributed by atoms with van der Waals surface area (Å²) >= 11 is 0. The van der Waals surface area contributed by atoms with Crippen LogP contribution in [0, 0.1) is 0 Å². The van der Waals surface area contributed by atoms with Gasteiger partial charge >= 0.3 is 0 Å². The Hall–Kier alpha value is -4.66. The quantitative estimate of drug-likeness (QED) is 0.342. The van der Waals surface area contributed by atoms with Gasteiger partial charge in [-0.1, -0.05) is 30.3 Å². The van der Waals surface area contributed by atoms with Crippen molar-refractivity contribution in [2.75, 3.05) is 28.4 Å². The molecule has 0 spiro atoms. The van der Waals surface area contributed by atoms with Gasteiger partial charge in [0.25, 0.3) is 0 Å². The van der Waals surface area contributed by atoms with Crippen LogP contribution in [0.1, 0.15) is 0 Å². The Morgan fingerprint density at radius 3 is 1.97 bits per heavy atom. The number of hydrogen-bond acceptors (Lipinski definition) is 8. The normalized spacial score (nSPS) is 10.9. The van der Waals surface area contributed by atoms with E-state index in [1.165, 1.54) is 0 Å². The number of ether oxygens (including phenoxy) is 4. The summed E-state index contributed by atoms with van der Waals surface area (Å²) < 4.78 is 23.6. The minimum Gasteiger partial charge on any atom is -0.497 e. The van der Waals surface area contributed by atoms with Crippen molar-refractivity contribution in [3.63, 3.8) is 0 Å². The molecular formula is C26H23N5O4. The lowest BCUT2D eigenvalue weighted by Gasteiger charge is -2.13. The summed E-state index contributed by atoms with van der Waals surface area (Å²) in [6.45, 7) is 0. The third-order valence-corrected chi connectivity index (χ3v) is 5.58. The van der Waals surface area contributed by atoms with Crippen LogP contribution in [0.25, 0.3) is 39.5 Å². The number of aromatic nitrogens is 5. The lowest BCUT2D eigenvalue weighted by atomic mass is 10.1. The van der Waals surface area contributed by atoms with Crippen molar-refractivity contribution < 1.29 is 18.9 Å². The van der Waals surface area contributed by atoms with E-state index >= 15 is 0 Å². The van der Waals surface area contributed by atoms with E-state index in [9.17, 15) is 0 Å². The Bertz CT molecular complexity index is 1460. The van der Waals surface area contributed by atoms with Crippen molar-refractivity contribution in [2.45, 2.75) is 0 Å². The summed E-state index contributed by atoms with van der Waals surface area (Å²) in [6, 6.07) is 20.9. The molecule has 176 valence electrons. The molecule has 0 saturated heterocycles. The molecule has 9 heteroatoms. The molecule has 0 fully saturated rings. The molecule has 0 radical (unpaired) electrons. The molecule has 35 heavy (non-hydrogen) atoms. The Labute approximate surface area is 201 Å². The van der Waals surface area contributed by atoms with Crippen LogP contribution in [0.2, 0.25) is 0 Å². The first-order valence-electron chi connectivity index (χ1n) is 10.8. The van der Waals surface area contributed by atoms with Gasteiger partial charge in [0, 0.05) is 11.1 Å². The zero-order chi connectivity index (χ0) is 24.4. The SMILES string of the molecule is COc1ccc(-n2nc(-c3cc(OC)c(OC)c(OC)c3)c3nc(-c4ccccc4)nnc32)cc1. The molecule has 0 N–H and O–H groups in total. The molecule has 0 bridgehead atoms. The van der Waals surface area contributed by atoms with Crippen LogP contribution < -0.4 is 18.9 Å². The number of hydrogen-bond donors (Lipinski definition) is 0. The lowest BCUT2D eigenvalue weighted by Crippen LogP contribution is -2.00. The van der Waals surface area contributed by atoms with Crippen molar-refractivity contribution in [3.8, 4) is 51.3 Å². The van der Waals surface area contributed by atoms with Gasteiger partial charge in [-0.05, 0) is 36.4 Å². The highest BCUT2D eigenvalue weighted by Gasteiger charge is 2.22. The zero-order valence-corrected chi connectivity index (χ0v) is 19.7.